The van der Waals surface area contributed by atoms with E-state index < -0.39 is 15.8 Å². The summed E-state index contributed by atoms with van der Waals surface area (Å²) in [5.74, 6) is -0.855. The molecule has 19 heavy (non-hydrogen) atoms. The Morgan fingerprint density at radius 1 is 1.47 bits per heavy atom. The van der Waals surface area contributed by atoms with Crippen molar-refractivity contribution < 1.29 is 17.9 Å². The van der Waals surface area contributed by atoms with Crippen LogP contribution in [0.3, 0.4) is 0 Å². The molecule has 1 aromatic carbocycles. The van der Waals surface area contributed by atoms with Crippen molar-refractivity contribution >= 4 is 10.0 Å². The van der Waals surface area contributed by atoms with Gasteiger partial charge in [-0.2, -0.15) is 4.31 Å². The average molecular weight is 287 g/mol. The molecule has 0 aliphatic rings. The number of rotatable bonds is 6. The first-order valence-electron chi connectivity index (χ1n) is 5.86. The van der Waals surface area contributed by atoms with Crippen LogP contribution in [-0.4, -0.2) is 30.9 Å². The Morgan fingerprint density at radius 2 is 2.11 bits per heavy atom. The van der Waals surface area contributed by atoms with Crippen LogP contribution in [-0.2, 0) is 16.6 Å². The second kappa shape index (κ2) is 6.27. The summed E-state index contributed by atoms with van der Waals surface area (Å²) in [6.07, 6.45) is 0. The third kappa shape index (κ3) is 3.62. The van der Waals surface area contributed by atoms with E-state index in [0.29, 0.717) is 11.1 Å². The number of nitrogens with zero attached hydrogens (tertiary/aromatic N) is 1. The minimum absolute atomic E-state index is 0.153. The maximum atomic E-state index is 13.8. The third-order valence-corrected chi connectivity index (χ3v) is 4.55. The minimum atomic E-state index is -3.89. The fourth-order valence-electron chi connectivity index (χ4n) is 1.66. The summed E-state index contributed by atoms with van der Waals surface area (Å²) in [7, 11) is -3.89. The summed E-state index contributed by atoms with van der Waals surface area (Å²) in [5, 5.41) is 8.89. The molecule has 0 unspecified atom stereocenters. The Bertz CT molecular complexity index is 569. The molecule has 0 aliphatic carbocycles. The summed E-state index contributed by atoms with van der Waals surface area (Å²) in [5.41, 5.74) is 1.01. The van der Waals surface area contributed by atoms with Gasteiger partial charge in [-0.15, -0.1) is 0 Å². The lowest BCUT2D eigenvalue weighted by atomic mass is 10.2. The lowest BCUT2D eigenvalue weighted by Crippen LogP contribution is -2.32. The molecule has 0 spiro atoms. The lowest BCUT2D eigenvalue weighted by molar-refractivity contribution is 0.281. The highest BCUT2D eigenvalue weighted by atomic mass is 32.2. The molecule has 106 valence electrons. The highest BCUT2D eigenvalue weighted by molar-refractivity contribution is 7.89. The quantitative estimate of drug-likeness (QED) is 0.813. The second-order valence-electron chi connectivity index (χ2n) is 4.31. The van der Waals surface area contributed by atoms with Crippen LogP contribution in [0.2, 0.25) is 0 Å². The van der Waals surface area contributed by atoms with Gasteiger partial charge in [0.2, 0.25) is 10.0 Å². The number of benzene rings is 1. The highest BCUT2D eigenvalue weighted by Crippen LogP contribution is 2.21. The van der Waals surface area contributed by atoms with Gasteiger partial charge in [-0.25, -0.2) is 12.8 Å². The van der Waals surface area contributed by atoms with Gasteiger partial charge < -0.3 is 5.11 Å². The van der Waals surface area contributed by atoms with Crippen LogP contribution in [0.25, 0.3) is 0 Å². The molecule has 6 heteroatoms. The number of hydrogen-bond donors (Lipinski definition) is 1. The summed E-state index contributed by atoms with van der Waals surface area (Å²) in [4.78, 5) is -0.382. The number of halogens is 1. The van der Waals surface area contributed by atoms with Crippen LogP contribution in [0.1, 0.15) is 19.4 Å². The minimum Gasteiger partial charge on any atom is -0.392 e. The highest BCUT2D eigenvalue weighted by Gasteiger charge is 2.26. The summed E-state index contributed by atoms with van der Waals surface area (Å²) in [6.45, 7) is 7.11. The molecule has 0 radical (unpaired) electrons. The average Bonchev–Trinajstić information content (AvgIpc) is 2.34. The van der Waals surface area contributed by atoms with E-state index in [9.17, 15) is 12.8 Å². The van der Waals surface area contributed by atoms with Gasteiger partial charge in [0.05, 0.1) is 6.61 Å². The zero-order chi connectivity index (χ0) is 14.6. The van der Waals surface area contributed by atoms with Crippen molar-refractivity contribution in [3.63, 3.8) is 0 Å². The van der Waals surface area contributed by atoms with E-state index in [0.717, 1.165) is 10.4 Å². The molecule has 1 N–H and O–H groups in total. The first kappa shape index (κ1) is 15.8. The molecule has 0 aliphatic heterocycles. The van der Waals surface area contributed by atoms with Crippen LogP contribution in [0, 0.1) is 5.82 Å². The Labute approximate surface area is 113 Å². The van der Waals surface area contributed by atoms with Crippen LogP contribution in [0.4, 0.5) is 4.39 Å². The van der Waals surface area contributed by atoms with Crippen molar-refractivity contribution in [1.82, 2.24) is 4.31 Å². The van der Waals surface area contributed by atoms with E-state index in [2.05, 4.69) is 6.58 Å². The van der Waals surface area contributed by atoms with Crippen molar-refractivity contribution in [3.05, 3.63) is 41.7 Å². The van der Waals surface area contributed by atoms with Crippen LogP contribution >= 0.6 is 0 Å². The van der Waals surface area contributed by atoms with Gasteiger partial charge in [-0.05, 0) is 24.6 Å². The van der Waals surface area contributed by atoms with E-state index in [4.69, 9.17) is 5.11 Å². The monoisotopic (exact) mass is 287 g/mol. The van der Waals surface area contributed by atoms with E-state index in [1.165, 1.54) is 12.1 Å². The maximum absolute atomic E-state index is 13.8. The smallest absolute Gasteiger partial charge is 0.246 e. The Balaban J connectivity index is 3.22. The number of sulfonamides is 1. The molecule has 0 atom stereocenters. The van der Waals surface area contributed by atoms with Crippen molar-refractivity contribution in [2.45, 2.75) is 25.3 Å². The fourth-order valence-corrected chi connectivity index (χ4v) is 3.21. The molecular formula is C13H18FNO3S. The molecule has 0 amide bonds. The third-order valence-electron chi connectivity index (χ3n) is 2.60. The molecule has 0 bridgehead atoms. The van der Waals surface area contributed by atoms with Crippen molar-refractivity contribution in [2.24, 2.45) is 0 Å². The largest absolute Gasteiger partial charge is 0.392 e. The van der Waals surface area contributed by atoms with E-state index in [1.807, 2.05) is 0 Å². The second-order valence-corrected chi connectivity index (χ2v) is 6.22. The van der Waals surface area contributed by atoms with E-state index >= 15 is 0 Å². The van der Waals surface area contributed by atoms with Gasteiger partial charge in [0.1, 0.15) is 10.7 Å². The molecular weight excluding hydrogens is 269 g/mol. The molecule has 1 aromatic rings. The van der Waals surface area contributed by atoms with Gasteiger partial charge in [0.25, 0.3) is 0 Å². The molecule has 0 saturated carbocycles. The molecule has 4 nitrogen and oxygen atoms in total. The maximum Gasteiger partial charge on any atom is 0.246 e. The van der Waals surface area contributed by atoms with Gasteiger partial charge in [0.15, 0.2) is 0 Å². The molecule has 0 heterocycles. The van der Waals surface area contributed by atoms with E-state index in [1.54, 1.807) is 13.8 Å². The first-order chi connectivity index (χ1) is 8.82. The Kier molecular flexibility index (Phi) is 5.22. The topological polar surface area (TPSA) is 57.6 Å². The van der Waals surface area contributed by atoms with Crippen LogP contribution < -0.4 is 0 Å². The lowest BCUT2D eigenvalue weighted by Gasteiger charge is -2.21. The van der Waals surface area contributed by atoms with Gasteiger partial charge in [-0.3, -0.25) is 0 Å². The van der Waals surface area contributed by atoms with Crippen molar-refractivity contribution in [2.75, 3.05) is 13.1 Å². The fraction of sp³-hybridized carbons (Fsp3) is 0.385. The Hall–Kier alpha value is -1.24. The van der Waals surface area contributed by atoms with Gasteiger partial charge >= 0.3 is 0 Å². The van der Waals surface area contributed by atoms with E-state index in [-0.39, 0.29) is 24.6 Å². The van der Waals surface area contributed by atoms with Crippen molar-refractivity contribution in [1.29, 1.82) is 0 Å². The van der Waals surface area contributed by atoms with Gasteiger partial charge in [-0.1, -0.05) is 25.1 Å². The number of aliphatic hydroxyl groups excluding tert-OH is 1. The molecule has 0 saturated heterocycles. The molecule has 1 rings (SSSR count). The summed E-state index contributed by atoms with van der Waals surface area (Å²) >= 11 is 0. The number of hydrogen-bond acceptors (Lipinski definition) is 3. The SMILES string of the molecule is C=C(C)CN(CC)S(=O)(=O)c1ccc(CO)cc1F. The standard InChI is InChI=1S/C13H18FNO3S/c1-4-15(8-10(2)3)19(17,18)13-6-5-11(9-16)7-12(13)14/h5-7,16H,2,4,8-9H2,1,3H3. The van der Waals surface area contributed by atoms with Crippen LogP contribution in [0.5, 0.6) is 0 Å². The number of aliphatic hydroxyl groups is 1. The van der Waals surface area contributed by atoms with Gasteiger partial charge in [0, 0.05) is 13.1 Å². The predicted octanol–water partition coefficient (Wildman–Crippen LogP) is 1.90. The molecule has 0 fully saturated rings. The van der Waals surface area contributed by atoms with Crippen LogP contribution in [0.15, 0.2) is 35.2 Å². The zero-order valence-corrected chi connectivity index (χ0v) is 11.9. The summed E-state index contributed by atoms with van der Waals surface area (Å²) in [6, 6.07) is 3.60. The molecule has 0 aromatic heterocycles. The normalized spacial score (nSPS) is 11.8. The Morgan fingerprint density at radius 3 is 2.53 bits per heavy atom. The van der Waals surface area contributed by atoms with Crippen molar-refractivity contribution in [3.8, 4) is 0 Å². The zero-order valence-electron chi connectivity index (χ0n) is 11.1. The summed E-state index contributed by atoms with van der Waals surface area (Å²) < 4.78 is 39.6. The predicted molar refractivity (Wildman–Crippen MR) is 71.6 cm³/mol. The number of likely N-dealkylation sites (N-methyl/N-ethyl adjacent to an activating group) is 1. The first-order valence-corrected chi connectivity index (χ1v) is 7.30.